The smallest absolute Gasteiger partial charge is 0.222 e. The summed E-state index contributed by atoms with van der Waals surface area (Å²) in [6.45, 7) is 5.92. The molecule has 0 spiro atoms. The Balaban J connectivity index is 2.08. The Morgan fingerprint density at radius 2 is 2.21 bits per heavy atom. The minimum Gasteiger partial charge on any atom is -0.369 e. The van der Waals surface area contributed by atoms with Gasteiger partial charge in [-0.2, -0.15) is 4.98 Å². The zero-order valence-electron chi connectivity index (χ0n) is 11.3. The topological polar surface area (TPSA) is 95.9 Å². The molecule has 0 unspecified atom stereocenters. The molecule has 2 heterocycles. The average molecular weight is 283 g/mol. The van der Waals surface area contributed by atoms with E-state index in [4.69, 9.17) is 10.5 Å². The highest BCUT2D eigenvalue weighted by Gasteiger charge is 2.13. The first-order chi connectivity index (χ1) is 8.85. The van der Waals surface area contributed by atoms with E-state index < -0.39 is 7.14 Å². The number of imidazole rings is 1. The Labute approximate surface area is 111 Å². The molecule has 2 N–H and O–H groups in total. The SMILES string of the molecule is C[C@H](Cn1cnc2cnc(N)nc21)OCP(C)(C)=O. The summed E-state index contributed by atoms with van der Waals surface area (Å²) in [5.74, 6) is 0.217. The van der Waals surface area contributed by atoms with Crippen molar-refractivity contribution in [2.24, 2.45) is 0 Å². The minimum absolute atomic E-state index is 0.0817. The van der Waals surface area contributed by atoms with Gasteiger partial charge in [0.1, 0.15) is 12.7 Å². The van der Waals surface area contributed by atoms with Crippen LogP contribution in [-0.4, -0.2) is 45.3 Å². The van der Waals surface area contributed by atoms with Crippen LogP contribution in [-0.2, 0) is 15.8 Å². The van der Waals surface area contributed by atoms with E-state index in [-0.39, 0.29) is 18.4 Å². The van der Waals surface area contributed by atoms with Crippen LogP contribution in [0.3, 0.4) is 0 Å². The van der Waals surface area contributed by atoms with Gasteiger partial charge in [-0.15, -0.1) is 0 Å². The maximum absolute atomic E-state index is 11.6. The lowest BCUT2D eigenvalue weighted by atomic mass is 10.4. The van der Waals surface area contributed by atoms with E-state index in [0.717, 1.165) is 0 Å². The molecule has 0 amide bonds. The Bertz CT molecular complexity index is 621. The summed E-state index contributed by atoms with van der Waals surface area (Å²) in [6, 6.07) is 0. The fraction of sp³-hybridized carbons (Fsp3) is 0.545. The van der Waals surface area contributed by atoms with Crippen molar-refractivity contribution in [2.75, 3.05) is 25.4 Å². The zero-order valence-corrected chi connectivity index (χ0v) is 12.2. The van der Waals surface area contributed by atoms with Crippen LogP contribution in [0, 0.1) is 0 Å². The molecule has 2 aromatic rings. The van der Waals surface area contributed by atoms with Gasteiger partial charge < -0.3 is 19.6 Å². The van der Waals surface area contributed by atoms with Crippen molar-refractivity contribution < 1.29 is 9.30 Å². The summed E-state index contributed by atoms with van der Waals surface area (Å²) >= 11 is 0. The summed E-state index contributed by atoms with van der Waals surface area (Å²) < 4.78 is 19.0. The lowest BCUT2D eigenvalue weighted by molar-refractivity contribution is 0.0871. The van der Waals surface area contributed by atoms with Gasteiger partial charge in [-0.1, -0.05) is 0 Å². The Morgan fingerprint density at radius 1 is 1.47 bits per heavy atom. The highest BCUT2D eigenvalue weighted by atomic mass is 31.2. The van der Waals surface area contributed by atoms with E-state index in [9.17, 15) is 4.57 Å². The lowest BCUT2D eigenvalue weighted by Gasteiger charge is -2.15. The van der Waals surface area contributed by atoms with Crippen LogP contribution in [0.1, 0.15) is 6.92 Å². The molecule has 2 aromatic heterocycles. The summed E-state index contributed by atoms with van der Waals surface area (Å²) in [5.41, 5.74) is 6.94. The summed E-state index contributed by atoms with van der Waals surface area (Å²) in [4.78, 5) is 12.2. The number of hydrogen-bond donors (Lipinski definition) is 1. The van der Waals surface area contributed by atoms with E-state index in [2.05, 4.69) is 15.0 Å². The molecule has 2 rings (SSSR count). The second kappa shape index (κ2) is 5.27. The number of hydrogen-bond acceptors (Lipinski definition) is 6. The normalized spacial score (nSPS) is 13.8. The highest BCUT2D eigenvalue weighted by molar-refractivity contribution is 7.62. The number of ether oxygens (including phenoxy) is 1. The predicted octanol–water partition coefficient (Wildman–Crippen LogP) is 1.39. The van der Waals surface area contributed by atoms with Gasteiger partial charge in [-0.25, -0.2) is 9.97 Å². The molecule has 8 heteroatoms. The van der Waals surface area contributed by atoms with Gasteiger partial charge in [0.2, 0.25) is 5.95 Å². The van der Waals surface area contributed by atoms with Crippen LogP contribution in [0.4, 0.5) is 5.95 Å². The third-order valence-corrected chi connectivity index (χ3v) is 3.27. The maximum atomic E-state index is 11.6. The average Bonchev–Trinajstić information content (AvgIpc) is 2.68. The van der Waals surface area contributed by atoms with Gasteiger partial charge in [0.05, 0.1) is 31.5 Å². The Morgan fingerprint density at radius 3 is 2.89 bits per heavy atom. The third kappa shape index (κ3) is 3.75. The van der Waals surface area contributed by atoms with E-state index >= 15 is 0 Å². The Kier molecular flexibility index (Phi) is 3.87. The number of rotatable bonds is 5. The zero-order chi connectivity index (χ0) is 14.0. The number of aromatic nitrogens is 4. The van der Waals surface area contributed by atoms with Crippen LogP contribution < -0.4 is 5.73 Å². The van der Waals surface area contributed by atoms with Crippen molar-refractivity contribution in [3.05, 3.63) is 12.5 Å². The molecule has 0 saturated heterocycles. The molecule has 104 valence electrons. The van der Waals surface area contributed by atoms with E-state index in [1.54, 1.807) is 25.9 Å². The number of nitrogens with zero attached hydrogens (tertiary/aromatic N) is 4. The second-order valence-corrected chi connectivity index (χ2v) is 8.42. The monoisotopic (exact) mass is 283 g/mol. The number of nitrogen functional groups attached to an aromatic ring is 1. The number of anilines is 1. The lowest BCUT2D eigenvalue weighted by Crippen LogP contribution is -2.17. The molecule has 7 nitrogen and oxygen atoms in total. The molecule has 0 bridgehead atoms. The first-order valence-corrected chi connectivity index (χ1v) is 8.73. The second-order valence-electron chi connectivity index (χ2n) is 5.01. The molecule has 0 aliphatic heterocycles. The first-order valence-electron chi connectivity index (χ1n) is 5.94. The van der Waals surface area contributed by atoms with Crippen molar-refractivity contribution in [1.82, 2.24) is 19.5 Å². The van der Waals surface area contributed by atoms with Crippen molar-refractivity contribution >= 4 is 24.3 Å². The molecule has 1 atom stereocenters. The Hall–Kier alpha value is -1.46. The fourth-order valence-electron chi connectivity index (χ4n) is 1.64. The van der Waals surface area contributed by atoms with Crippen LogP contribution in [0.15, 0.2) is 12.5 Å². The van der Waals surface area contributed by atoms with Crippen LogP contribution in [0.25, 0.3) is 11.2 Å². The standard InChI is InChI=1S/C11H18N5O2P/c1-8(18-7-19(2,3)17)5-16-6-14-9-4-13-11(12)15-10(9)16/h4,6,8H,5,7H2,1-3H3,(H2,12,13,15)/t8-/m1/s1. The van der Waals surface area contributed by atoms with Crippen molar-refractivity contribution in [1.29, 1.82) is 0 Å². The van der Waals surface area contributed by atoms with Crippen molar-refractivity contribution in [2.45, 2.75) is 19.6 Å². The van der Waals surface area contributed by atoms with Gasteiger partial charge in [-0.05, 0) is 20.3 Å². The number of nitrogens with two attached hydrogens (primary N) is 1. The molecule has 0 fully saturated rings. The first kappa shape index (κ1) is 14.0. The van der Waals surface area contributed by atoms with Gasteiger partial charge in [0, 0.05) is 0 Å². The van der Waals surface area contributed by atoms with E-state index in [1.165, 1.54) is 0 Å². The van der Waals surface area contributed by atoms with E-state index in [1.807, 2.05) is 11.5 Å². The maximum Gasteiger partial charge on any atom is 0.222 e. The highest BCUT2D eigenvalue weighted by Crippen LogP contribution is 2.35. The van der Waals surface area contributed by atoms with Crippen molar-refractivity contribution in [3.63, 3.8) is 0 Å². The largest absolute Gasteiger partial charge is 0.369 e. The molecular formula is C11H18N5O2P. The van der Waals surface area contributed by atoms with Crippen LogP contribution >= 0.6 is 7.14 Å². The molecule has 19 heavy (non-hydrogen) atoms. The molecule has 0 radical (unpaired) electrons. The fourth-order valence-corrected chi connectivity index (χ4v) is 2.25. The summed E-state index contributed by atoms with van der Waals surface area (Å²) in [5, 5.41) is 0. The van der Waals surface area contributed by atoms with Gasteiger partial charge in [-0.3, -0.25) is 0 Å². The van der Waals surface area contributed by atoms with Crippen LogP contribution in [0.2, 0.25) is 0 Å². The van der Waals surface area contributed by atoms with Gasteiger partial charge in [0.25, 0.3) is 0 Å². The predicted molar refractivity (Wildman–Crippen MR) is 74.6 cm³/mol. The molecule has 0 aliphatic rings. The number of fused-ring (bicyclic) bond motifs is 1. The summed E-state index contributed by atoms with van der Waals surface area (Å²) in [7, 11) is -2.16. The molecule has 0 aromatic carbocycles. The minimum atomic E-state index is -2.16. The molecule has 0 aliphatic carbocycles. The van der Waals surface area contributed by atoms with Crippen molar-refractivity contribution in [3.8, 4) is 0 Å². The summed E-state index contributed by atoms with van der Waals surface area (Å²) in [6.07, 6.45) is 3.46. The third-order valence-electron chi connectivity index (χ3n) is 2.50. The van der Waals surface area contributed by atoms with Gasteiger partial charge in [0.15, 0.2) is 5.65 Å². The van der Waals surface area contributed by atoms with E-state index in [0.29, 0.717) is 17.7 Å². The quantitative estimate of drug-likeness (QED) is 0.833. The molecule has 0 saturated carbocycles. The van der Waals surface area contributed by atoms with Crippen LogP contribution in [0.5, 0.6) is 0 Å². The molecular weight excluding hydrogens is 265 g/mol. The van der Waals surface area contributed by atoms with Gasteiger partial charge >= 0.3 is 0 Å².